The molecular weight excluding hydrogens is 350 g/mol. The highest BCUT2D eigenvalue weighted by Crippen LogP contribution is 2.33. The Labute approximate surface area is 154 Å². The van der Waals surface area contributed by atoms with Crippen molar-refractivity contribution in [3.63, 3.8) is 0 Å². The fraction of sp³-hybridized carbons (Fsp3) is 0.167. The second kappa shape index (κ2) is 6.64. The minimum absolute atomic E-state index is 0.299. The molecule has 1 N–H and O–H groups in total. The van der Waals surface area contributed by atoms with Gasteiger partial charge in [0, 0.05) is 25.3 Å². The van der Waals surface area contributed by atoms with Crippen LogP contribution in [0.15, 0.2) is 46.9 Å². The molecule has 0 aliphatic carbocycles. The highest BCUT2D eigenvalue weighted by atomic mass is 32.1. The summed E-state index contributed by atoms with van der Waals surface area (Å²) in [6, 6.07) is 14.0. The van der Waals surface area contributed by atoms with Gasteiger partial charge in [-0.3, -0.25) is 5.32 Å². The Morgan fingerprint density at radius 1 is 1.12 bits per heavy atom. The molecule has 0 atom stereocenters. The van der Waals surface area contributed by atoms with Crippen LogP contribution in [0.3, 0.4) is 0 Å². The van der Waals surface area contributed by atoms with Crippen molar-refractivity contribution in [1.82, 2.24) is 15.2 Å². The molecule has 7 nitrogen and oxygen atoms in total. The highest BCUT2D eigenvalue weighted by Gasteiger charge is 2.13. The van der Waals surface area contributed by atoms with Crippen LogP contribution in [0.1, 0.15) is 0 Å². The van der Waals surface area contributed by atoms with Gasteiger partial charge in [0.25, 0.3) is 0 Å². The summed E-state index contributed by atoms with van der Waals surface area (Å²) in [4.78, 5) is 6.57. The lowest BCUT2D eigenvalue weighted by Gasteiger charge is -2.12. The highest BCUT2D eigenvalue weighted by molar-refractivity contribution is 7.22. The number of aromatic nitrogens is 3. The van der Waals surface area contributed by atoms with Crippen LogP contribution >= 0.6 is 11.3 Å². The normalized spacial score (nSPS) is 10.9. The van der Waals surface area contributed by atoms with Crippen molar-refractivity contribution in [3.8, 4) is 17.2 Å². The van der Waals surface area contributed by atoms with Gasteiger partial charge in [0.2, 0.25) is 5.89 Å². The minimum atomic E-state index is 0.299. The first-order valence-corrected chi connectivity index (χ1v) is 8.77. The number of thiazole rings is 1. The molecule has 0 radical (unpaired) electrons. The van der Waals surface area contributed by atoms with Crippen LogP contribution in [0, 0.1) is 0 Å². The molecule has 2 heterocycles. The number of nitrogens with zero attached hydrogens (tertiary/aromatic N) is 4. The first-order chi connectivity index (χ1) is 12.6. The predicted molar refractivity (Wildman–Crippen MR) is 104 cm³/mol. The Morgan fingerprint density at radius 3 is 2.77 bits per heavy atom. The quantitative estimate of drug-likeness (QED) is 0.567. The van der Waals surface area contributed by atoms with E-state index in [0.717, 1.165) is 27.2 Å². The molecule has 2 aromatic carbocycles. The summed E-state index contributed by atoms with van der Waals surface area (Å²) >= 11 is 1.50. The molecular formula is C18H17N5O2S. The SMILES string of the molecule is COc1cccc2sc(Nc3nnc(-c4cccc(N(C)C)c4)o3)nc12. The van der Waals surface area contributed by atoms with E-state index in [1.807, 2.05) is 61.5 Å². The topological polar surface area (TPSA) is 76.3 Å². The lowest BCUT2D eigenvalue weighted by Crippen LogP contribution is -2.08. The molecule has 26 heavy (non-hydrogen) atoms. The fourth-order valence-corrected chi connectivity index (χ4v) is 3.41. The van der Waals surface area contributed by atoms with Crippen molar-refractivity contribution in [3.05, 3.63) is 42.5 Å². The molecule has 2 aromatic heterocycles. The first kappa shape index (κ1) is 16.3. The van der Waals surface area contributed by atoms with E-state index < -0.39 is 0 Å². The van der Waals surface area contributed by atoms with E-state index in [1.165, 1.54) is 11.3 Å². The summed E-state index contributed by atoms with van der Waals surface area (Å²) in [6.45, 7) is 0. The molecule has 0 bridgehead atoms. The summed E-state index contributed by atoms with van der Waals surface area (Å²) in [7, 11) is 5.61. The van der Waals surface area contributed by atoms with Crippen LogP contribution in [0.25, 0.3) is 21.7 Å². The van der Waals surface area contributed by atoms with E-state index in [1.54, 1.807) is 7.11 Å². The van der Waals surface area contributed by atoms with Crippen LogP contribution in [0.5, 0.6) is 5.75 Å². The van der Waals surface area contributed by atoms with Gasteiger partial charge in [-0.1, -0.05) is 28.6 Å². The molecule has 0 saturated heterocycles. The van der Waals surface area contributed by atoms with E-state index in [2.05, 4.69) is 20.5 Å². The van der Waals surface area contributed by atoms with E-state index in [0.29, 0.717) is 17.0 Å². The molecule has 0 spiro atoms. The predicted octanol–water partition coefficient (Wildman–Crippen LogP) is 4.16. The van der Waals surface area contributed by atoms with Crippen LogP contribution in [0.4, 0.5) is 16.8 Å². The van der Waals surface area contributed by atoms with Crippen LogP contribution < -0.4 is 15.0 Å². The summed E-state index contributed by atoms with van der Waals surface area (Å²) in [5.74, 6) is 1.19. The summed E-state index contributed by atoms with van der Waals surface area (Å²) in [5, 5.41) is 11.9. The third-order valence-electron chi connectivity index (χ3n) is 3.85. The van der Waals surface area contributed by atoms with E-state index in [-0.39, 0.29) is 0 Å². The Bertz CT molecular complexity index is 1060. The Balaban J connectivity index is 1.60. The molecule has 0 fully saturated rings. The average molecular weight is 367 g/mol. The van der Waals surface area contributed by atoms with Gasteiger partial charge in [-0.2, -0.15) is 0 Å². The third kappa shape index (κ3) is 3.06. The Morgan fingerprint density at radius 2 is 1.96 bits per heavy atom. The molecule has 8 heteroatoms. The maximum Gasteiger partial charge on any atom is 0.322 e. The first-order valence-electron chi connectivity index (χ1n) is 7.96. The Kier molecular flexibility index (Phi) is 4.18. The average Bonchev–Trinajstić information content (AvgIpc) is 3.28. The number of rotatable bonds is 5. The molecule has 0 saturated carbocycles. The van der Waals surface area contributed by atoms with Gasteiger partial charge in [-0.05, 0) is 30.3 Å². The van der Waals surface area contributed by atoms with Gasteiger partial charge < -0.3 is 14.1 Å². The lowest BCUT2D eigenvalue weighted by molar-refractivity contribution is 0.419. The second-order valence-corrected chi connectivity index (χ2v) is 6.84. The van der Waals surface area contributed by atoms with Gasteiger partial charge in [-0.15, -0.1) is 5.10 Å². The number of nitrogens with one attached hydrogen (secondary N) is 1. The molecule has 0 amide bonds. The number of hydrogen-bond acceptors (Lipinski definition) is 8. The summed E-state index contributed by atoms with van der Waals surface area (Å²) in [6.07, 6.45) is 0. The van der Waals surface area contributed by atoms with E-state index in [9.17, 15) is 0 Å². The van der Waals surface area contributed by atoms with Crippen molar-refractivity contribution < 1.29 is 9.15 Å². The zero-order chi connectivity index (χ0) is 18.1. The number of benzene rings is 2. The van der Waals surface area contributed by atoms with E-state index in [4.69, 9.17) is 9.15 Å². The Hall–Kier alpha value is -3.13. The molecule has 4 aromatic rings. The van der Waals surface area contributed by atoms with Crippen molar-refractivity contribution in [1.29, 1.82) is 0 Å². The fourth-order valence-electron chi connectivity index (χ4n) is 2.54. The zero-order valence-electron chi connectivity index (χ0n) is 14.6. The van der Waals surface area contributed by atoms with Gasteiger partial charge in [-0.25, -0.2) is 4.98 Å². The molecule has 0 aliphatic heterocycles. The molecule has 0 unspecified atom stereocenters. The number of methoxy groups -OCH3 is 1. The number of para-hydroxylation sites is 1. The number of fused-ring (bicyclic) bond motifs is 1. The van der Waals surface area contributed by atoms with Crippen molar-refractivity contribution in [2.45, 2.75) is 0 Å². The van der Waals surface area contributed by atoms with Crippen LogP contribution in [0.2, 0.25) is 0 Å². The largest absolute Gasteiger partial charge is 0.494 e. The maximum atomic E-state index is 5.74. The summed E-state index contributed by atoms with van der Waals surface area (Å²) < 4.78 is 12.1. The standard InChI is InChI=1S/C18H17N5O2S/c1-23(2)12-7-4-6-11(10-12)16-21-22-17(25-16)20-18-19-15-13(24-3)8-5-9-14(15)26-18/h4-10H,1-3H3,(H,19,20,22). The van der Waals surface area contributed by atoms with Crippen LogP contribution in [-0.2, 0) is 0 Å². The second-order valence-electron chi connectivity index (χ2n) is 5.81. The monoisotopic (exact) mass is 367 g/mol. The zero-order valence-corrected chi connectivity index (χ0v) is 15.4. The van der Waals surface area contributed by atoms with Crippen LogP contribution in [-0.4, -0.2) is 36.4 Å². The number of hydrogen-bond donors (Lipinski definition) is 1. The van der Waals surface area contributed by atoms with Gasteiger partial charge in [0.1, 0.15) is 11.3 Å². The smallest absolute Gasteiger partial charge is 0.322 e. The van der Waals surface area contributed by atoms with Crippen molar-refractivity contribution in [2.24, 2.45) is 0 Å². The van der Waals surface area contributed by atoms with Gasteiger partial charge in [0.05, 0.1) is 11.8 Å². The number of ether oxygens (including phenoxy) is 1. The third-order valence-corrected chi connectivity index (χ3v) is 4.79. The lowest BCUT2D eigenvalue weighted by atomic mass is 10.2. The minimum Gasteiger partial charge on any atom is -0.494 e. The van der Waals surface area contributed by atoms with Crippen molar-refractivity contribution >= 4 is 38.4 Å². The van der Waals surface area contributed by atoms with E-state index >= 15 is 0 Å². The molecule has 4 rings (SSSR count). The summed E-state index contributed by atoms with van der Waals surface area (Å²) in [5.41, 5.74) is 2.73. The van der Waals surface area contributed by atoms with Gasteiger partial charge >= 0.3 is 6.01 Å². The number of anilines is 3. The maximum absolute atomic E-state index is 5.74. The molecule has 132 valence electrons. The van der Waals surface area contributed by atoms with Gasteiger partial charge in [0.15, 0.2) is 5.13 Å². The molecule has 0 aliphatic rings. The van der Waals surface area contributed by atoms with Crippen molar-refractivity contribution in [2.75, 3.05) is 31.4 Å².